The number of nitrogens with one attached hydrogen (secondary N) is 1. The van der Waals surface area contributed by atoms with E-state index in [-0.39, 0.29) is 17.9 Å². The van der Waals surface area contributed by atoms with E-state index in [9.17, 15) is 8.42 Å². The van der Waals surface area contributed by atoms with E-state index >= 15 is 0 Å². The molecule has 0 aliphatic heterocycles. The van der Waals surface area contributed by atoms with Crippen molar-refractivity contribution in [3.8, 4) is 6.07 Å². The molecule has 1 aromatic rings. The SMILES string of the molecule is Cc1ccc(C)c(S(=O)(=O)NCCC#N)c1. The van der Waals surface area contributed by atoms with Gasteiger partial charge in [-0.15, -0.1) is 0 Å². The molecule has 0 radical (unpaired) electrons. The monoisotopic (exact) mass is 238 g/mol. The highest BCUT2D eigenvalue weighted by molar-refractivity contribution is 7.89. The zero-order chi connectivity index (χ0) is 12.2. The van der Waals surface area contributed by atoms with Crippen LogP contribution in [0, 0.1) is 25.2 Å². The molecule has 0 saturated carbocycles. The first-order valence-electron chi connectivity index (χ1n) is 4.91. The summed E-state index contributed by atoms with van der Waals surface area (Å²) in [6.07, 6.45) is 0.171. The third-order valence-electron chi connectivity index (χ3n) is 2.16. The first kappa shape index (κ1) is 12.7. The molecule has 5 heteroatoms. The predicted molar refractivity (Wildman–Crippen MR) is 61.3 cm³/mol. The van der Waals surface area contributed by atoms with Crippen molar-refractivity contribution in [3.63, 3.8) is 0 Å². The lowest BCUT2D eigenvalue weighted by molar-refractivity contribution is 0.581. The maximum Gasteiger partial charge on any atom is 0.240 e. The Hall–Kier alpha value is -1.38. The fourth-order valence-electron chi connectivity index (χ4n) is 1.32. The zero-order valence-electron chi connectivity index (χ0n) is 9.32. The van der Waals surface area contributed by atoms with Gasteiger partial charge in [0.2, 0.25) is 10.0 Å². The molecule has 0 heterocycles. The molecular formula is C11H14N2O2S. The maximum atomic E-state index is 11.9. The van der Waals surface area contributed by atoms with Gasteiger partial charge < -0.3 is 0 Å². The average molecular weight is 238 g/mol. The Balaban J connectivity index is 2.99. The lowest BCUT2D eigenvalue weighted by Gasteiger charge is -2.08. The molecule has 0 bridgehead atoms. The molecule has 1 aromatic carbocycles. The molecule has 86 valence electrons. The van der Waals surface area contributed by atoms with Crippen molar-refractivity contribution in [3.05, 3.63) is 29.3 Å². The quantitative estimate of drug-likeness (QED) is 0.808. The molecule has 0 aliphatic carbocycles. The van der Waals surface area contributed by atoms with Crippen molar-refractivity contribution in [1.82, 2.24) is 4.72 Å². The van der Waals surface area contributed by atoms with Crippen molar-refractivity contribution in [2.45, 2.75) is 25.2 Å². The van der Waals surface area contributed by atoms with Crippen LogP contribution < -0.4 is 4.72 Å². The van der Waals surface area contributed by atoms with Gasteiger partial charge in [0.05, 0.1) is 11.0 Å². The summed E-state index contributed by atoms with van der Waals surface area (Å²) in [5.74, 6) is 0. The lowest BCUT2D eigenvalue weighted by Crippen LogP contribution is -2.25. The minimum absolute atomic E-state index is 0.145. The van der Waals surface area contributed by atoms with Crippen LogP contribution in [0.4, 0.5) is 0 Å². The average Bonchev–Trinajstić information content (AvgIpc) is 2.22. The van der Waals surface area contributed by atoms with Crippen LogP contribution in [0.5, 0.6) is 0 Å². The van der Waals surface area contributed by atoms with Crippen molar-refractivity contribution < 1.29 is 8.42 Å². The van der Waals surface area contributed by atoms with Gasteiger partial charge in [0.15, 0.2) is 0 Å². The normalized spacial score (nSPS) is 11.1. The molecule has 0 saturated heterocycles. The number of rotatable bonds is 4. The van der Waals surface area contributed by atoms with E-state index < -0.39 is 10.0 Å². The lowest BCUT2D eigenvalue weighted by atomic mass is 10.2. The van der Waals surface area contributed by atoms with Crippen LogP contribution in [-0.2, 0) is 10.0 Å². The van der Waals surface area contributed by atoms with E-state index in [4.69, 9.17) is 5.26 Å². The van der Waals surface area contributed by atoms with E-state index in [1.807, 2.05) is 19.1 Å². The minimum Gasteiger partial charge on any atom is -0.210 e. The summed E-state index contributed by atoms with van der Waals surface area (Å²) in [6, 6.07) is 7.16. The number of hydrogen-bond acceptors (Lipinski definition) is 3. The first-order chi connectivity index (χ1) is 7.47. The second-order valence-electron chi connectivity index (χ2n) is 3.57. The number of nitriles is 1. The standard InChI is InChI=1S/C11H14N2O2S/c1-9-4-5-10(2)11(8-9)16(14,15)13-7-3-6-12/h4-5,8,13H,3,7H2,1-2H3. The van der Waals surface area contributed by atoms with Gasteiger partial charge in [-0.05, 0) is 31.0 Å². The zero-order valence-corrected chi connectivity index (χ0v) is 10.1. The summed E-state index contributed by atoms with van der Waals surface area (Å²) in [6.45, 7) is 3.73. The molecular weight excluding hydrogens is 224 g/mol. The Morgan fingerprint density at radius 1 is 1.38 bits per heavy atom. The summed E-state index contributed by atoms with van der Waals surface area (Å²) in [5, 5.41) is 8.35. The third-order valence-corrected chi connectivity index (χ3v) is 3.77. The van der Waals surface area contributed by atoms with E-state index in [1.54, 1.807) is 19.1 Å². The van der Waals surface area contributed by atoms with Crippen LogP contribution in [-0.4, -0.2) is 15.0 Å². The van der Waals surface area contributed by atoms with Gasteiger partial charge in [0.1, 0.15) is 0 Å². The Bertz CT molecular complexity index is 515. The summed E-state index contributed by atoms with van der Waals surface area (Å²) >= 11 is 0. The topological polar surface area (TPSA) is 70.0 Å². The first-order valence-corrected chi connectivity index (χ1v) is 6.39. The summed E-state index contributed by atoms with van der Waals surface area (Å²) in [7, 11) is -3.49. The number of hydrogen-bond donors (Lipinski definition) is 1. The third kappa shape index (κ3) is 3.05. The van der Waals surface area contributed by atoms with Crippen LogP contribution in [0.3, 0.4) is 0 Å². The Kier molecular flexibility index (Phi) is 4.05. The number of benzene rings is 1. The maximum absolute atomic E-state index is 11.9. The van der Waals surface area contributed by atoms with Crippen LogP contribution in [0.15, 0.2) is 23.1 Å². The van der Waals surface area contributed by atoms with Gasteiger partial charge in [-0.1, -0.05) is 12.1 Å². The van der Waals surface area contributed by atoms with Crippen molar-refractivity contribution >= 4 is 10.0 Å². The molecule has 0 aliphatic rings. The predicted octanol–water partition coefficient (Wildman–Crippen LogP) is 1.50. The van der Waals surface area contributed by atoms with E-state index in [0.29, 0.717) is 5.56 Å². The van der Waals surface area contributed by atoms with Gasteiger partial charge >= 0.3 is 0 Å². The summed E-state index contributed by atoms with van der Waals surface area (Å²) in [5.41, 5.74) is 1.60. The second-order valence-corrected chi connectivity index (χ2v) is 5.31. The molecule has 1 rings (SSSR count). The number of sulfonamides is 1. The van der Waals surface area contributed by atoms with E-state index in [0.717, 1.165) is 5.56 Å². The summed E-state index contributed by atoms with van der Waals surface area (Å²) < 4.78 is 26.1. The van der Waals surface area contributed by atoms with E-state index in [2.05, 4.69) is 4.72 Å². The largest absolute Gasteiger partial charge is 0.240 e. The van der Waals surface area contributed by atoms with Gasteiger partial charge in [0, 0.05) is 13.0 Å². The smallest absolute Gasteiger partial charge is 0.210 e. The van der Waals surface area contributed by atoms with Crippen molar-refractivity contribution in [1.29, 1.82) is 5.26 Å². The minimum atomic E-state index is -3.49. The molecule has 16 heavy (non-hydrogen) atoms. The van der Waals surface area contributed by atoms with Crippen molar-refractivity contribution in [2.75, 3.05) is 6.54 Å². The fraction of sp³-hybridized carbons (Fsp3) is 0.364. The van der Waals surface area contributed by atoms with E-state index in [1.165, 1.54) is 0 Å². The van der Waals surface area contributed by atoms with Crippen LogP contribution in [0.2, 0.25) is 0 Å². The highest BCUT2D eigenvalue weighted by Gasteiger charge is 2.15. The van der Waals surface area contributed by atoms with Gasteiger partial charge in [-0.2, -0.15) is 5.26 Å². The Morgan fingerprint density at radius 2 is 2.06 bits per heavy atom. The molecule has 0 fully saturated rings. The molecule has 4 nitrogen and oxygen atoms in total. The van der Waals surface area contributed by atoms with Crippen LogP contribution in [0.1, 0.15) is 17.5 Å². The number of nitrogens with zero attached hydrogens (tertiary/aromatic N) is 1. The Labute approximate surface area is 96.0 Å². The van der Waals surface area contributed by atoms with Gasteiger partial charge in [-0.3, -0.25) is 0 Å². The second kappa shape index (κ2) is 5.10. The Morgan fingerprint density at radius 3 is 2.69 bits per heavy atom. The molecule has 0 unspecified atom stereocenters. The highest BCUT2D eigenvalue weighted by Crippen LogP contribution is 2.16. The molecule has 0 aromatic heterocycles. The molecule has 0 atom stereocenters. The number of aryl methyl sites for hydroxylation is 2. The fourth-order valence-corrected chi connectivity index (χ4v) is 2.68. The van der Waals surface area contributed by atoms with Crippen LogP contribution in [0.25, 0.3) is 0 Å². The molecule has 1 N–H and O–H groups in total. The highest BCUT2D eigenvalue weighted by atomic mass is 32.2. The molecule has 0 amide bonds. The van der Waals surface area contributed by atoms with Crippen LogP contribution >= 0.6 is 0 Å². The summed E-state index contributed by atoms with van der Waals surface area (Å²) in [4.78, 5) is 0.283. The van der Waals surface area contributed by atoms with Crippen molar-refractivity contribution in [2.24, 2.45) is 0 Å². The van der Waals surface area contributed by atoms with Gasteiger partial charge in [-0.25, -0.2) is 13.1 Å². The molecule has 0 spiro atoms. The van der Waals surface area contributed by atoms with Gasteiger partial charge in [0.25, 0.3) is 0 Å².